The molecule has 5 heteroatoms. The summed E-state index contributed by atoms with van der Waals surface area (Å²) >= 11 is 0. The van der Waals surface area contributed by atoms with Crippen LogP contribution >= 0.6 is 0 Å². The van der Waals surface area contributed by atoms with Crippen molar-refractivity contribution in [3.63, 3.8) is 0 Å². The molecule has 1 amide bonds. The highest BCUT2D eigenvalue weighted by molar-refractivity contribution is 5.79. The van der Waals surface area contributed by atoms with Gasteiger partial charge >= 0.3 is 0 Å². The molecule has 2 saturated carbocycles. The second kappa shape index (κ2) is 6.78. The van der Waals surface area contributed by atoms with Crippen LogP contribution in [0.1, 0.15) is 51.9 Å². The summed E-state index contributed by atoms with van der Waals surface area (Å²) in [5.41, 5.74) is -0.411. The molecule has 23 heavy (non-hydrogen) atoms. The quantitative estimate of drug-likeness (QED) is 0.808. The van der Waals surface area contributed by atoms with Crippen molar-refractivity contribution in [3.8, 4) is 6.07 Å². The average Bonchev–Trinajstić information content (AvgIpc) is 3.20. The molecule has 2 unspecified atom stereocenters. The van der Waals surface area contributed by atoms with Crippen LogP contribution in [0.5, 0.6) is 0 Å². The molecule has 5 nitrogen and oxygen atoms in total. The van der Waals surface area contributed by atoms with Gasteiger partial charge in [0.15, 0.2) is 0 Å². The number of nitriles is 1. The first-order chi connectivity index (χ1) is 11.0. The van der Waals surface area contributed by atoms with Crippen molar-refractivity contribution in [2.45, 2.75) is 63.5 Å². The van der Waals surface area contributed by atoms with Gasteiger partial charge in [-0.15, -0.1) is 0 Å². The first-order valence-corrected chi connectivity index (χ1v) is 9.17. The Morgan fingerprint density at radius 3 is 2.70 bits per heavy atom. The number of amides is 1. The molecule has 2 N–H and O–H groups in total. The number of nitrogens with one attached hydrogen (secondary N) is 1. The largest absolute Gasteiger partial charge is 0.390 e. The SMILES string of the molecule is CCC1(O)C[C@H]2CC(CNCC(=O)N3CCC[C@H]3C#N)C[C@H]2C1. The molecule has 0 aromatic heterocycles. The molecule has 0 aromatic rings. The first kappa shape index (κ1) is 16.7. The zero-order chi connectivity index (χ0) is 16.4. The molecule has 0 aromatic carbocycles. The van der Waals surface area contributed by atoms with Crippen LogP contribution in [0.4, 0.5) is 0 Å². The summed E-state index contributed by atoms with van der Waals surface area (Å²) in [6, 6.07) is 2.00. The fourth-order valence-electron chi connectivity index (χ4n) is 5.04. The van der Waals surface area contributed by atoms with Gasteiger partial charge in [0.05, 0.1) is 18.2 Å². The van der Waals surface area contributed by atoms with E-state index in [4.69, 9.17) is 5.26 Å². The third-order valence-electron chi connectivity index (χ3n) is 6.31. The minimum absolute atomic E-state index is 0.0626. The third-order valence-corrected chi connectivity index (χ3v) is 6.31. The van der Waals surface area contributed by atoms with Crippen LogP contribution in [0.3, 0.4) is 0 Å². The second-order valence-corrected chi connectivity index (χ2v) is 7.85. The Labute approximate surface area is 139 Å². The van der Waals surface area contributed by atoms with Crippen molar-refractivity contribution >= 4 is 5.91 Å². The summed E-state index contributed by atoms with van der Waals surface area (Å²) in [6.07, 6.45) is 6.90. The molecular formula is C18H29N3O2. The number of hydrogen-bond acceptors (Lipinski definition) is 4. The van der Waals surface area contributed by atoms with Gasteiger partial charge in [0, 0.05) is 6.54 Å². The Bertz CT molecular complexity index is 473. The molecule has 1 heterocycles. The number of nitrogens with zero attached hydrogens (tertiary/aromatic N) is 2. The van der Waals surface area contributed by atoms with Crippen LogP contribution in [0.25, 0.3) is 0 Å². The average molecular weight is 319 g/mol. The normalized spacial score (nSPS) is 39.4. The third kappa shape index (κ3) is 3.54. The van der Waals surface area contributed by atoms with Crippen LogP contribution in [0, 0.1) is 29.1 Å². The van der Waals surface area contributed by atoms with Crippen molar-refractivity contribution in [3.05, 3.63) is 0 Å². The summed E-state index contributed by atoms with van der Waals surface area (Å²) in [4.78, 5) is 13.9. The van der Waals surface area contributed by atoms with E-state index in [0.717, 1.165) is 45.2 Å². The fraction of sp³-hybridized carbons (Fsp3) is 0.889. The number of likely N-dealkylation sites (tertiary alicyclic amines) is 1. The van der Waals surface area contributed by atoms with Crippen molar-refractivity contribution in [2.75, 3.05) is 19.6 Å². The molecular weight excluding hydrogens is 290 g/mol. The van der Waals surface area contributed by atoms with E-state index >= 15 is 0 Å². The van der Waals surface area contributed by atoms with Gasteiger partial charge < -0.3 is 15.3 Å². The molecule has 0 bridgehead atoms. The van der Waals surface area contributed by atoms with E-state index in [2.05, 4.69) is 18.3 Å². The van der Waals surface area contributed by atoms with Gasteiger partial charge in [-0.05, 0) is 69.2 Å². The molecule has 3 fully saturated rings. The highest BCUT2D eigenvalue weighted by atomic mass is 16.3. The number of rotatable bonds is 5. The summed E-state index contributed by atoms with van der Waals surface area (Å²) < 4.78 is 0. The van der Waals surface area contributed by atoms with E-state index in [9.17, 15) is 9.90 Å². The molecule has 1 saturated heterocycles. The zero-order valence-corrected chi connectivity index (χ0v) is 14.1. The Morgan fingerprint density at radius 2 is 2.09 bits per heavy atom. The topological polar surface area (TPSA) is 76.4 Å². The molecule has 3 aliphatic rings. The Morgan fingerprint density at radius 1 is 1.39 bits per heavy atom. The standard InChI is InChI=1S/C18H29N3O2/c1-2-18(23)8-14-6-13(7-15(14)9-18)11-20-12-17(22)21-5-3-4-16(21)10-19/h13-16,20,23H,2-9,11-12H2,1H3/t13?,14-,15+,16-,18?/m0/s1. The van der Waals surface area contributed by atoms with Gasteiger partial charge in [-0.1, -0.05) is 6.92 Å². The van der Waals surface area contributed by atoms with Crippen LogP contribution < -0.4 is 5.32 Å². The number of fused-ring (bicyclic) bond motifs is 1. The molecule has 0 spiro atoms. The van der Waals surface area contributed by atoms with E-state index in [-0.39, 0.29) is 11.9 Å². The van der Waals surface area contributed by atoms with Gasteiger partial charge in [-0.2, -0.15) is 5.26 Å². The highest BCUT2D eigenvalue weighted by Gasteiger charge is 2.47. The molecule has 0 radical (unpaired) electrons. The van der Waals surface area contributed by atoms with Crippen molar-refractivity contribution in [2.24, 2.45) is 17.8 Å². The van der Waals surface area contributed by atoms with E-state index in [1.807, 2.05) is 0 Å². The Hall–Kier alpha value is -1.12. The monoisotopic (exact) mass is 319 g/mol. The van der Waals surface area contributed by atoms with E-state index in [0.29, 0.717) is 24.3 Å². The summed E-state index contributed by atoms with van der Waals surface area (Å²) in [7, 11) is 0. The summed E-state index contributed by atoms with van der Waals surface area (Å²) in [5.74, 6) is 2.03. The van der Waals surface area contributed by atoms with Crippen LogP contribution in [-0.4, -0.2) is 47.2 Å². The Kier molecular flexibility index (Phi) is 4.93. The van der Waals surface area contributed by atoms with Gasteiger partial charge in [-0.25, -0.2) is 0 Å². The molecule has 2 aliphatic carbocycles. The lowest BCUT2D eigenvalue weighted by atomic mass is 9.92. The number of carbonyl (C=O) groups is 1. The van der Waals surface area contributed by atoms with E-state index in [1.54, 1.807) is 4.90 Å². The molecule has 3 rings (SSSR count). The summed E-state index contributed by atoms with van der Waals surface area (Å²) in [6.45, 7) is 4.04. The van der Waals surface area contributed by atoms with Gasteiger partial charge in [0.25, 0.3) is 0 Å². The molecule has 5 atom stereocenters. The smallest absolute Gasteiger partial charge is 0.237 e. The number of carbonyl (C=O) groups excluding carboxylic acids is 1. The first-order valence-electron chi connectivity index (χ1n) is 9.17. The Balaban J connectivity index is 1.38. The van der Waals surface area contributed by atoms with Crippen LogP contribution in [0.15, 0.2) is 0 Å². The lowest BCUT2D eigenvalue weighted by Crippen LogP contribution is -2.41. The maximum Gasteiger partial charge on any atom is 0.237 e. The number of hydrogen-bond donors (Lipinski definition) is 2. The lowest BCUT2D eigenvalue weighted by molar-refractivity contribution is -0.130. The van der Waals surface area contributed by atoms with Crippen LogP contribution in [-0.2, 0) is 4.79 Å². The maximum atomic E-state index is 12.2. The minimum Gasteiger partial charge on any atom is -0.390 e. The van der Waals surface area contributed by atoms with Gasteiger partial charge in [0.2, 0.25) is 5.91 Å². The molecule has 1 aliphatic heterocycles. The predicted octanol–water partition coefficient (Wildman–Crippen LogP) is 1.67. The second-order valence-electron chi connectivity index (χ2n) is 7.85. The number of aliphatic hydroxyl groups is 1. The van der Waals surface area contributed by atoms with Crippen LogP contribution in [0.2, 0.25) is 0 Å². The fourth-order valence-corrected chi connectivity index (χ4v) is 5.04. The van der Waals surface area contributed by atoms with E-state index in [1.165, 1.54) is 12.8 Å². The van der Waals surface area contributed by atoms with Crippen molar-refractivity contribution in [1.29, 1.82) is 5.26 Å². The van der Waals surface area contributed by atoms with Crippen molar-refractivity contribution < 1.29 is 9.90 Å². The molecule has 128 valence electrons. The van der Waals surface area contributed by atoms with Crippen molar-refractivity contribution in [1.82, 2.24) is 10.2 Å². The zero-order valence-electron chi connectivity index (χ0n) is 14.1. The summed E-state index contributed by atoms with van der Waals surface area (Å²) in [5, 5.41) is 22.8. The lowest BCUT2D eigenvalue weighted by Gasteiger charge is -2.23. The maximum absolute atomic E-state index is 12.2. The predicted molar refractivity (Wildman–Crippen MR) is 87.4 cm³/mol. The van der Waals surface area contributed by atoms with Gasteiger partial charge in [0.1, 0.15) is 6.04 Å². The minimum atomic E-state index is -0.411. The van der Waals surface area contributed by atoms with E-state index < -0.39 is 5.60 Å². The highest BCUT2D eigenvalue weighted by Crippen LogP contribution is 2.51. The van der Waals surface area contributed by atoms with Gasteiger partial charge in [-0.3, -0.25) is 4.79 Å².